The van der Waals surface area contributed by atoms with Crippen LogP contribution in [0.4, 0.5) is 0 Å². The number of ether oxygens (including phenoxy) is 1. The summed E-state index contributed by atoms with van der Waals surface area (Å²) in [5.41, 5.74) is 2.98. The molecule has 1 amide bonds. The van der Waals surface area contributed by atoms with Crippen molar-refractivity contribution in [1.82, 2.24) is 14.9 Å². The molecule has 0 unspecified atom stereocenters. The summed E-state index contributed by atoms with van der Waals surface area (Å²) in [5, 5.41) is 4.11. The second-order valence-corrected chi connectivity index (χ2v) is 8.61. The Morgan fingerprint density at radius 2 is 2.00 bits per heavy atom. The van der Waals surface area contributed by atoms with Gasteiger partial charge in [-0.15, -0.1) is 0 Å². The van der Waals surface area contributed by atoms with Crippen LogP contribution in [-0.2, 0) is 14.3 Å². The fraction of sp³-hybridized carbons (Fsp3) is 0.304. The highest BCUT2D eigenvalue weighted by atomic mass is 35.5. The molecule has 0 aliphatic carbocycles. The lowest BCUT2D eigenvalue weighted by Crippen LogP contribution is -2.28. The first-order chi connectivity index (χ1) is 15.3. The molecule has 0 bridgehead atoms. The fourth-order valence-corrected chi connectivity index (χ4v) is 4.17. The van der Waals surface area contributed by atoms with Crippen molar-refractivity contribution >= 4 is 46.1 Å². The summed E-state index contributed by atoms with van der Waals surface area (Å²) in [5.74, 6) is -0.459. The molecule has 7 nitrogen and oxygen atoms in total. The van der Waals surface area contributed by atoms with Crippen LogP contribution in [0.2, 0.25) is 5.02 Å². The number of thioether (sulfide) groups is 1. The molecule has 0 radical (unpaired) electrons. The zero-order chi connectivity index (χ0) is 23.3. The van der Waals surface area contributed by atoms with E-state index in [1.54, 1.807) is 22.8 Å². The van der Waals surface area contributed by atoms with E-state index >= 15 is 0 Å². The molecular weight excluding hydrogens is 450 g/mol. The van der Waals surface area contributed by atoms with Crippen molar-refractivity contribution in [1.29, 1.82) is 0 Å². The smallest absolute Gasteiger partial charge is 0.305 e. The summed E-state index contributed by atoms with van der Waals surface area (Å²) >= 11 is 7.28. The summed E-state index contributed by atoms with van der Waals surface area (Å²) in [6.07, 6.45) is 0.728. The number of hydrogen-bond acceptors (Lipinski definition) is 6. The molecule has 3 rings (SSSR count). The lowest BCUT2D eigenvalue weighted by Gasteiger charge is -2.16. The van der Waals surface area contributed by atoms with E-state index in [1.807, 2.05) is 32.0 Å². The molecule has 9 heteroatoms. The van der Waals surface area contributed by atoms with Crippen LogP contribution in [0.1, 0.15) is 24.0 Å². The maximum absolute atomic E-state index is 13.4. The molecule has 3 aromatic rings. The van der Waals surface area contributed by atoms with Crippen molar-refractivity contribution < 1.29 is 14.3 Å². The fourth-order valence-electron chi connectivity index (χ4n) is 3.17. The largest absolute Gasteiger partial charge is 0.469 e. The molecule has 2 aromatic carbocycles. The number of benzene rings is 2. The van der Waals surface area contributed by atoms with E-state index < -0.39 is 0 Å². The van der Waals surface area contributed by atoms with Crippen molar-refractivity contribution in [2.24, 2.45) is 0 Å². The van der Waals surface area contributed by atoms with E-state index in [0.29, 0.717) is 34.0 Å². The van der Waals surface area contributed by atoms with Gasteiger partial charge in [0, 0.05) is 18.0 Å². The van der Waals surface area contributed by atoms with Crippen LogP contribution in [0.25, 0.3) is 16.6 Å². The summed E-state index contributed by atoms with van der Waals surface area (Å²) < 4.78 is 6.13. The van der Waals surface area contributed by atoms with Gasteiger partial charge in [-0.3, -0.25) is 19.0 Å². The van der Waals surface area contributed by atoms with E-state index in [4.69, 9.17) is 11.6 Å². The number of nitrogens with zero attached hydrogens (tertiary/aromatic N) is 2. The van der Waals surface area contributed by atoms with Gasteiger partial charge in [0.1, 0.15) is 0 Å². The summed E-state index contributed by atoms with van der Waals surface area (Å²) in [4.78, 5) is 41.5. The summed E-state index contributed by atoms with van der Waals surface area (Å²) in [6.45, 7) is 4.29. The van der Waals surface area contributed by atoms with Crippen molar-refractivity contribution in [3.05, 3.63) is 62.9 Å². The molecule has 0 fully saturated rings. The van der Waals surface area contributed by atoms with Gasteiger partial charge in [0.2, 0.25) is 5.91 Å². The summed E-state index contributed by atoms with van der Waals surface area (Å²) in [6, 6.07) is 10.7. The Labute approximate surface area is 195 Å². The Morgan fingerprint density at radius 3 is 2.75 bits per heavy atom. The minimum Gasteiger partial charge on any atom is -0.469 e. The van der Waals surface area contributed by atoms with E-state index in [-0.39, 0.29) is 29.6 Å². The molecule has 1 aromatic heterocycles. The quantitative estimate of drug-likeness (QED) is 0.231. The predicted octanol–water partition coefficient (Wildman–Crippen LogP) is 3.82. The number of amides is 1. The number of esters is 1. The third-order valence-electron chi connectivity index (χ3n) is 5.06. The Morgan fingerprint density at radius 1 is 1.22 bits per heavy atom. The van der Waals surface area contributed by atoms with Crippen molar-refractivity contribution in [3.8, 4) is 5.69 Å². The SMILES string of the molecule is COC(=O)CCCNC(=O)CSc1nc2cc(Cl)ccc2c(=O)n1-c1cccc(C)c1C. The molecule has 0 saturated heterocycles. The molecule has 0 aliphatic rings. The first-order valence-electron chi connectivity index (χ1n) is 10.1. The number of methoxy groups -OCH3 is 1. The first kappa shape index (κ1) is 23.8. The number of aromatic nitrogens is 2. The zero-order valence-corrected chi connectivity index (χ0v) is 19.7. The van der Waals surface area contributed by atoms with Crippen molar-refractivity contribution in [2.45, 2.75) is 31.8 Å². The van der Waals surface area contributed by atoms with Gasteiger partial charge in [0.25, 0.3) is 5.56 Å². The zero-order valence-electron chi connectivity index (χ0n) is 18.1. The van der Waals surface area contributed by atoms with E-state index in [1.165, 1.54) is 18.9 Å². The molecule has 0 aliphatic heterocycles. The normalized spacial score (nSPS) is 10.9. The highest BCUT2D eigenvalue weighted by Crippen LogP contribution is 2.25. The van der Waals surface area contributed by atoms with E-state index in [2.05, 4.69) is 15.0 Å². The molecule has 0 atom stereocenters. The lowest BCUT2D eigenvalue weighted by atomic mass is 10.1. The molecule has 0 saturated carbocycles. The third kappa shape index (κ3) is 5.49. The number of halogens is 1. The van der Waals surface area contributed by atoms with Gasteiger partial charge in [-0.05, 0) is 55.7 Å². The molecular formula is C23H24ClN3O4S. The third-order valence-corrected chi connectivity index (χ3v) is 6.23. The van der Waals surface area contributed by atoms with Crippen molar-refractivity contribution in [2.75, 3.05) is 19.4 Å². The average molecular weight is 474 g/mol. The van der Waals surface area contributed by atoms with Crippen LogP contribution in [0, 0.1) is 13.8 Å². The van der Waals surface area contributed by atoms with Gasteiger partial charge in [0.05, 0.1) is 29.5 Å². The van der Waals surface area contributed by atoms with Gasteiger partial charge < -0.3 is 10.1 Å². The van der Waals surface area contributed by atoms with Crippen LogP contribution in [-0.4, -0.2) is 40.8 Å². The highest BCUT2D eigenvalue weighted by Gasteiger charge is 2.17. The second-order valence-electron chi connectivity index (χ2n) is 7.23. The number of carbonyl (C=O) groups excluding carboxylic acids is 2. The van der Waals surface area contributed by atoms with Crippen molar-refractivity contribution in [3.63, 3.8) is 0 Å². The van der Waals surface area contributed by atoms with Gasteiger partial charge >= 0.3 is 5.97 Å². The lowest BCUT2D eigenvalue weighted by molar-refractivity contribution is -0.140. The molecule has 1 N–H and O–H groups in total. The highest BCUT2D eigenvalue weighted by molar-refractivity contribution is 7.99. The van der Waals surface area contributed by atoms with E-state index in [9.17, 15) is 14.4 Å². The topological polar surface area (TPSA) is 90.3 Å². The molecule has 0 spiro atoms. The molecule has 32 heavy (non-hydrogen) atoms. The number of fused-ring (bicyclic) bond motifs is 1. The van der Waals surface area contributed by atoms with Crippen LogP contribution >= 0.6 is 23.4 Å². The standard InChI is InChI=1S/C23H24ClN3O4S/c1-14-6-4-7-19(15(14)2)27-22(30)17-10-9-16(24)12-18(17)26-23(27)32-13-20(28)25-11-5-8-21(29)31-3/h4,6-7,9-10,12H,5,8,11,13H2,1-3H3,(H,25,28). The predicted molar refractivity (Wildman–Crippen MR) is 127 cm³/mol. The molecule has 168 valence electrons. The van der Waals surface area contributed by atoms with Gasteiger partial charge in [-0.25, -0.2) is 4.98 Å². The monoisotopic (exact) mass is 473 g/mol. The number of hydrogen-bond donors (Lipinski definition) is 1. The Balaban J connectivity index is 1.89. The van der Waals surface area contributed by atoms with Gasteiger partial charge in [-0.1, -0.05) is 35.5 Å². The Kier molecular flexibility index (Phi) is 7.93. The van der Waals surface area contributed by atoms with Crippen LogP contribution in [0.15, 0.2) is 46.3 Å². The maximum Gasteiger partial charge on any atom is 0.305 e. The average Bonchev–Trinajstić information content (AvgIpc) is 2.77. The Hall–Kier alpha value is -2.84. The maximum atomic E-state index is 13.4. The second kappa shape index (κ2) is 10.7. The van der Waals surface area contributed by atoms with E-state index in [0.717, 1.165) is 16.8 Å². The first-order valence-corrected chi connectivity index (χ1v) is 11.4. The van der Waals surface area contributed by atoms with Gasteiger partial charge in [-0.2, -0.15) is 0 Å². The van der Waals surface area contributed by atoms with Crippen LogP contribution in [0.3, 0.4) is 0 Å². The number of carbonyl (C=O) groups is 2. The van der Waals surface area contributed by atoms with Gasteiger partial charge in [0.15, 0.2) is 5.16 Å². The minimum absolute atomic E-state index is 0.0710. The van der Waals surface area contributed by atoms with Crippen LogP contribution < -0.4 is 10.9 Å². The number of rotatable bonds is 8. The number of aryl methyl sites for hydroxylation is 1. The molecule has 1 heterocycles. The minimum atomic E-state index is -0.315. The Bertz CT molecular complexity index is 1230. The number of nitrogens with one attached hydrogen (secondary N) is 1. The van der Waals surface area contributed by atoms with Crippen LogP contribution in [0.5, 0.6) is 0 Å². The summed E-state index contributed by atoms with van der Waals surface area (Å²) in [7, 11) is 1.33.